The van der Waals surface area contributed by atoms with E-state index in [4.69, 9.17) is 0 Å². The van der Waals surface area contributed by atoms with E-state index in [1.807, 2.05) is 5.38 Å². The van der Waals surface area contributed by atoms with Crippen molar-refractivity contribution >= 4 is 41.2 Å². The van der Waals surface area contributed by atoms with Crippen molar-refractivity contribution in [2.45, 2.75) is 18.9 Å². The molecule has 0 amide bonds. The maximum atomic E-state index is 10.8. The van der Waals surface area contributed by atoms with Gasteiger partial charge in [-0.3, -0.25) is 15.0 Å². The first-order chi connectivity index (χ1) is 8.75. The molecule has 2 aliphatic rings. The quantitative estimate of drug-likeness (QED) is 0.676. The number of halogens is 2. The van der Waals surface area contributed by atoms with Crippen molar-refractivity contribution in [2.24, 2.45) is 5.92 Å². The van der Waals surface area contributed by atoms with Gasteiger partial charge in [-0.1, -0.05) is 11.3 Å². The SMILES string of the molecule is Cl.Cl.O=[N+]([O-])c1cc([C@@H](C2CC2)N2CCNCC2)cs1. The lowest BCUT2D eigenvalue weighted by atomic mass is 10.0. The standard InChI is InChI=1S/C12H17N3O2S.2ClH/c16-15(17)11-7-10(8-18-11)12(9-1-2-9)14-5-3-13-4-6-14;;/h7-9,12-13H,1-6H2;2*1H/t12-;;/m1../s1. The van der Waals surface area contributed by atoms with E-state index in [1.165, 1.54) is 24.2 Å². The third-order valence-electron chi connectivity index (χ3n) is 3.74. The van der Waals surface area contributed by atoms with Crippen LogP contribution >= 0.6 is 36.2 Å². The predicted molar refractivity (Wildman–Crippen MR) is 85.4 cm³/mol. The lowest BCUT2D eigenvalue weighted by Gasteiger charge is -2.34. The molecule has 114 valence electrons. The van der Waals surface area contributed by atoms with Gasteiger partial charge in [-0.2, -0.15) is 0 Å². The summed E-state index contributed by atoms with van der Waals surface area (Å²) < 4.78 is 0. The fraction of sp³-hybridized carbons (Fsp3) is 0.667. The minimum atomic E-state index is -0.282. The molecular formula is C12H19Cl2N3O2S. The van der Waals surface area contributed by atoms with Gasteiger partial charge in [-0.05, 0) is 24.3 Å². The number of hydrogen-bond donors (Lipinski definition) is 1. The molecule has 2 fully saturated rings. The second kappa shape index (κ2) is 7.56. The summed E-state index contributed by atoms with van der Waals surface area (Å²) in [6.07, 6.45) is 2.52. The summed E-state index contributed by atoms with van der Waals surface area (Å²) in [5.74, 6) is 0.706. The molecular weight excluding hydrogens is 321 g/mol. The lowest BCUT2D eigenvalue weighted by Crippen LogP contribution is -2.45. The van der Waals surface area contributed by atoms with Crippen molar-refractivity contribution in [3.8, 4) is 0 Å². The van der Waals surface area contributed by atoms with Crippen molar-refractivity contribution in [2.75, 3.05) is 26.2 Å². The third kappa shape index (κ3) is 3.83. The number of nitrogens with zero attached hydrogens (tertiary/aromatic N) is 2. The minimum absolute atomic E-state index is 0. The van der Waals surface area contributed by atoms with E-state index in [-0.39, 0.29) is 34.7 Å². The third-order valence-corrected chi connectivity index (χ3v) is 4.64. The zero-order valence-electron chi connectivity index (χ0n) is 11.0. The predicted octanol–water partition coefficient (Wildman–Crippen LogP) is 2.86. The molecule has 1 aromatic rings. The number of rotatable bonds is 4. The van der Waals surface area contributed by atoms with Gasteiger partial charge in [0.15, 0.2) is 0 Å². The van der Waals surface area contributed by atoms with E-state index in [0.717, 1.165) is 31.7 Å². The summed E-state index contributed by atoms with van der Waals surface area (Å²) in [6.45, 7) is 4.14. The molecule has 1 atom stereocenters. The van der Waals surface area contributed by atoms with Gasteiger partial charge in [0.05, 0.1) is 4.92 Å². The van der Waals surface area contributed by atoms with E-state index >= 15 is 0 Å². The Morgan fingerprint density at radius 2 is 2.00 bits per heavy atom. The number of nitrogens with one attached hydrogen (secondary N) is 1. The molecule has 2 heterocycles. The van der Waals surface area contributed by atoms with Crippen LogP contribution in [-0.2, 0) is 0 Å². The molecule has 8 heteroatoms. The lowest BCUT2D eigenvalue weighted by molar-refractivity contribution is -0.380. The summed E-state index contributed by atoms with van der Waals surface area (Å²) in [5, 5.41) is 16.4. The van der Waals surface area contributed by atoms with Gasteiger partial charge < -0.3 is 5.32 Å². The minimum Gasteiger partial charge on any atom is -0.314 e. The van der Waals surface area contributed by atoms with Crippen molar-refractivity contribution in [3.05, 3.63) is 27.1 Å². The van der Waals surface area contributed by atoms with Crippen molar-refractivity contribution in [1.29, 1.82) is 0 Å². The van der Waals surface area contributed by atoms with Gasteiger partial charge in [0.25, 0.3) is 0 Å². The highest BCUT2D eigenvalue weighted by molar-refractivity contribution is 7.13. The molecule has 0 unspecified atom stereocenters. The van der Waals surface area contributed by atoms with Crippen LogP contribution < -0.4 is 5.32 Å². The maximum absolute atomic E-state index is 10.8. The molecule has 20 heavy (non-hydrogen) atoms. The van der Waals surface area contributed by atoms with Gasteiger partial charge >= 0.3 is 5.00 Å². The summed E-state index contributed by atoms with van der Waals surface area (Å²) in [6, 6.07) is 2.17. The maximum Gasteiger partial charge on any atom is 0.324 e. The fourth-order valence-corrected chi connectivity index (χ4v) is 3.50. The van der Waals surface area contributed by atoms with Crippen LogP contribution in [-0.4, -0.2) is 36.0 Å². The van der Waals surface area contributed by atoms with E-state index in [0.29, 0.717) is 12.0 Å². The smallest absolute Gasteiger partial charge is 0.314 e. The summed E-state index contributed by atoms with van der Waals surface area (Å²) in [4.78, 5) is 13.0. The number of thiophene rings is 1. The zero-order chi connectivity index (χ0) is 12.5. The Kier molecular flexibility index (Phi) is 6.68. The topological polar surface area (TPSA) is 58.4 Å². The van der Waals surface area contributed by atoms with Crippen LogP contribution in [0.2, 0.25) is 0 Å². The molecule has 3 rings (SSSR count). The van der Waals surface area contributed by atoms with Crippen LogP contribution in [0.3, 0.4) is 0 Å². The molecule has 0 radical (unpaired) electrons. The molecule has 1 aliphatic carbocycles. The van der Waals surface area contributed by atoms with E-state index in [9.17, 15) is 10.1 Å². The van der Waals surface area contributed by atoms with Crippen LogP contribution in [0.15, 0.2) is 11.4 Å². The average molecular weight is 340 g/mol. The molecule has 0 bridgehead atoms. The largest absolute Gasteiger partial charge is 0.324 e. The van der Waals surface area contributed by atoms with Crippen molar-refractivity contribution in [3.63, 3.8) is 0 Å². The van der Waals surface area contributed by atoms with E-state index < -0.39 is 0 Å². The molecule has 0 aromatic carbocycles. The van der Waals surface area contributed by atoms with Crippen molar-refractivity contribution < 1.29 is 4.92 Å². The summed E-state index contributed by atoms with van der Waals surface area (Å²) in [5.41, 5.74) is 1.15. The number of hydrogen-bond acceptors (Lipinski definition) is 5. The van der Waals surface area contributed by atoms with Crippen LogP contribution in [0.25, 0.3) is 0 Å². The molecule has 1 saturated heterocycles. The van der Waals surface area contributed by atoms with E-state index in [2.05, 4.69) is 10.2 Å². The van der Waals surface area contributed by atoms with Crippen LogP contribution in [0, 0.1) is 16.0 Å². The average Bonchev–Trinajstić information content (AvgIpc) is 3.07. The molecule has 1 aliphatic heterocycles. The Labute approximate surface area is 134 Å². The Balaban J connectivity index is 0.000001000. The fourth-order valence-electron chi connectivity index (χ4n) is 2.74. The van der Waals surface area contributed by atoms with Crippen LogP contribution in [0.5, 0.6) is 0 Å². The number of piperazine rings is 1. The Morgan fingerprint density at radius 3 is 2.50 bits per heavy atom. The summed E-state index contributed by atoms with van der Waals surface area (Å²) in [7, 11) is 0. The molecule has 1 N–H and O–H groups in total. The second-order valence-electron chi connectivity index (χ2n) is 5.04. The normalized spacial score (nSPS) is 20.6. The molecule has 1 aromatic heterocycles. The van der Waals surface area contributed by atoms with E-state index in [1.54, 1.807) is 6.07 Å². The number of nitro groups is 1. The zero-order valence-corrected chi connectivity index (χ0v) is 13.4. The first-order valence-corrected chi connectivity index (χ1v) is 7.31. The van der Waals surface area contributed by atoms with Crippen LogP contribution in [0.1, 0.15) is 24.4 Å². The molecule has 5 nitrogen and oxygen atoms in total. The van der Waals surface area contributed by atoms with Gasteiger partial charge in [0.2, 0.25) is 0 Å². The highest BCUT2D eigenvalue weighted by Crippen LogP contribution is 2.46. The second-order valence-corrected chi connectivity index (χ2v) is 5.93. The highest BCUT2D eigenvalue weighted by Gasteiger charge is 2.37. The van der Waals surface area contributed by atoms with Gasteiger partial charge in [0, 0.05) is 43.7 Å². The van der Waals surface area contributed by atoms with Gasteiger partial charge in [-0.25, -0.2) is 0 Å². The summed E-state index contributed by atoms with van der Waals surface area (Å²) >= 11 is 1.25. The van der Waals surface area contributed by atoms with Gasteiger partial charge in [-0.15, -0.1) is 24.8 Å². The Morgan fingerprint density at radius 1 is 1.35 bits per heavy atom. The Hall–Kier alpha value is -0.400. The van der Waals surface area contributed by atoms with Gasteiger partial charge in [0.1, 0.15) is 0 Å². The monoisotopic (exact) mass is 339 g/mol. The van der Waals surface area contributed by atoms with Crippen LogP contribution in [0.4, 0.5) is 5.00 Å². The Bertz CT molecular complexity index is 448. The molecule has 0 spiro atoms. The molecule has 1 saturated carbocycles. The first-order valence-electron chi connectivity index (χ1n) is 6.43. The van der Waals surface area contributed by atoms with Crippen molar-refractivity contribution in [1.82, 2.24) is 10.2 Å². The first kappa shape index (κ1) is 17.7. The highest BCUT2D eigenvalue weighted by atomic mass is 35.5.